The minimum atomic E-state index is -1.17. The van der Waals surface area contributed by atoms with E-state index < -0.39 is 11.9 Å². The topological polar surface area (TPSA) is 74.6 Å². The number of hydrogen-bond donors (Lipinski definition) is 2. The van der Waals surface area contributed by atoms with E-state index in [1.807, 2.05) is 36.4 Å². The Labute approximate surface area is 121 Å². The van der Waals surface area contributed by atoms with Crippen molar-refractivity contribution in [3.8, 4) is 0 Å². The molecule has 0 spiro atoms. The Kier molecular flexibility index (Phi) is 4.18. The highest BCUT2D eigenvalue weighted by atomic mass is 16.4. The maximum atomic E-state index is 11.4. The van der Waals surface area contributed by atoms with Crippen LogP contribution in [0, 0.1) is 0 Å². The Bertz CT molecular complexity index is 764. The van der Waals surface area contributed by atoms with Crippen molar-refractivity contribution in [3.05, 3.63) is 65.3 Å². The van der Waals surface area contributed by atoms with Crippen molar-refractivity contribution in [1.29, 1.82) is 0 Å². The molecule has 0 aromatic heterocycles. The van der Waals surface area contributed by atoms with Gasteiger partial charge in [-0.25, -0.2) is 9.59 Å². The molecule has 106 valence electrons. The van der Waals surface area contributed by atoms with Crippen LogP contribution in [0.3, 0.4) is 0 Å². The number of hydrogen-bond acceptors (Lipinski definition) is 2. The summed E-state index contributed by atoms with van der Waals surface area (Å²) in [5.74, 6) is -2.32. The molecule has 0 amide bonds. The fourth-order valence-electron chi connectivity index (χ4n) is 2.14. The number of aliphatic carboxylic acids is 2. The Hall–Kier alpha value is -2.88. The number of benzene rings is 2. The molecule has 0 aliphatic carbocycles. The second kappa shape index (κ2) is 6.05. The Morgan fingerprint density at radius 3 is 2.33 bits per heavy atom. The lowest BCUT2D eigenvalue weighted by atomic mass is 9.99. The zero-order valence-electron chi connectivity index (χ0n) is 11.4. The summed E-state index contributed by atoms with van der Waals surface area (Å²) in [6.45, 7) is 1.47. The van der Waals surface area contributed by atoms with Gasteiger partial charge >= 0.3 is 11.9 Å². The molecule has 2 rings (SSSR count). The monoisotopic (exact) mass is 282 g/mol. The lowest BCUT2D eigenvalue weighted by molar-refractivity contribution is -0.132. The number of carbonyl (C=O) groups is 2. The van der Waals surface area contributed by atoms with Crippen molar-refractivity contribution in [2.75, 3.05) is 0 Å². The summed E-state index contributed by atoms with van der Waals surface area (Å²) >= 11 is 0. The largest absolute Gasteiger partial charge is 0.478 e. The summed E-state index contributed by atoms with van der Waals surface area (Å²) in [6, 6.07) is 13.2. The number of carboxylic acid groups (broad SMARTS) is 2. The van der Waals surface area contributed by atoms with E-state index in [9.17, 15) is 14.7 Å². The van der Waals surface area contributed by atoms with Gasteiger partial charge in [0.25, 0.3) is 0 Å². The highest BCUT2D eigenvalue weighted by Gasteiger charge is 2.11. The molecule has 2 aromatic rings. The molecule has 0 aliphatic rings. The van der Waals surface area contributed by atoms with Crippen molar-refractivity contribution < 1.29 is 19.8 Å². The average molecular weight is 282 g/mol. The summed E-state index contributed by atoms with van der Waals surface area (Å²) < 4.78 is 0. The SMILES string of the molecule is CC(=C/C(=O)O)/C(=C/c1cccc2ccccc12)C(=O)O. The van der Waals surface area contributed by atoms with Gasteiger partial charge in [-0.2, -0.15) is 0 Å². The van der Waals surface area contributed by atoms with Crippen LogP contribution < -0.4 is 0 Å². The molecule has 2 N–H and O–H groups in total. The molecular weight excluding hydrogens is 268 g/mol. The van der Waals surface area contributed by atoms with Crippen LogP contribution in [0.1, 0.15) is 12.5 Å². The Balaban J connectivity index is 2.61. The summed E-state index contributed by atoms with van der Waals surface area (Å²) in [6.07, 6.45) is 2.39. The Morgan fingerprint density at radius 2 is 1.67 bits per heavy atom. The predicted molar refractivity (Wildman–Crippen MR) is 81.0 cm³/mol. The molecule has 0 heterocycles. The van der Waals surface area contributed by atoms with Crippen LogP contribution in [0.2, 0.25) is 0 Å². The summed E-state index contributed by atoms with van der Waals surface area (Å²) in [7, 11) is 0. The van der Waals surface area contributed by atoms with E-state index in [1.54, 1.807) is 6.07 Å². The van der Waals surface area contributed by atoms with E-state index >= 15 is 0 Å². The number of fused-ring (bicyclic) bond motifs is 1. The third-order valence-electron chi connectivity index (χ3n) is 3.12. The van der Waals surface area contributed by atoms with Gasteiger partial charge in [-0.15, -0.1) is 0 Å². The van der Waals surface area contributed by atoms with Gasteiger partial charge in [0.1, 0.15) is 0 Å². The second-order valence-electron chi connectivity index (χ2n) is 4.60. The molecule has 21 heavy (non-hydrogen) atoms. The van der Waals surface area contributed by atoms with Gasteiger partial charge in [0.2, 0.25) is 0 Å². The van der Waals surface area contributed by atoms with E-state index in [1.165, 1.54) is 13.0 Å². The molecule has 0 saturated heterocycles. The standard InChI is InChI=1S/C17H14O4/c1-11(9-16(18)19)15(17(20)21)10-13-7-4-6-12-5-2-3-8-14(12)13/h2-10H,1H3,(H,18,19)(H,20,21)/b11-9-,15-10-. The van der Waals surface area contributed by atoms with Crippen molar-refractivity contribution in [2.24, 2.45) is 0 Å². The Morgan fingerprint density at radius 1 is 1.00 bits per heavy atom. The fraction of sp³-hybridized carbons (Fsp3) is 0.0588. The van der Waals surface area contributed by atoms with Crippen LogP contribution in [-0.4, -0.2) is 22.2 Å². The summed E-state index contributed by atoms with van der Waals surface area (Å²) in [4.78, 5) is 22.1. The quantitative estimate of drug-likeness (QED) is 0.666. The van der Waals surface area contributed by atoms with Crippen molar-refractivity contribution >= 4 is 28.8 Å². The summed E-state index contributed by atoms with van der Waals surface area (Å²) in [5, 5.41) is 20.0. The first-order valence-corrected chi connectivity index (χ1v) is 6.33. The van der Waals surface area contributed by atoms with Crippen molar-refractivity contribution in [3.63, 3.8) is 0 Å². The first-order valence-electron chi connectivity index (χ1n) is 6.33. The minimum Gasteiger partial charge on any atom is -0.478 e. The molecular formula is C17H14O4. The second-order valence-corrected chi connectivity index (χ2v) is 4.60. The molecule has 0 unspecified atom stereocenters. The summed E-state index contributed by atoms with van der Waals surface area (Å²) in [5.41, 5.74) is 0.903. The molecule has 4 nitrogen and oxygen atoms in total. The molecule has 0 fully saturated rings. The zero-order chi connectivity index (χ0) is 15.4. The van der Waals surface area contributed by atoms with Crippen LogP contribution in [0.15, 0.2) is 59.7 Å². The average Bonchev–Trinajstić information content (AvgIpc) is 2.43. The molecule has 0 aliphatic heterocycles. The lowest BCUT2D eigenvalue weighted by Crippen LogP contribution is -2.03. The third kappa shape index (κ3) is 3.36. The predicted octanol–water partition coefficient (Wildman–Crippen LogP) is 3.34. The van der Waals surface area contributed by atoms with Gasteiger partial charge in [-0.3, -0.25) is 0 Å². The molecule has 0 saturated carbocycles. The van der Waals surface area contributed by atoms with Gasteiger partial charge in [-0.1, -0.05) is 42.5 Å². The minimum absolute atomic E-state index is 0.0336. The van der Waals surface area contributed by atoms with E-state index in [4.69, 9.17) is 5.11 Å². The van der Waals surface area contributed by atoms with Crippen molar-refractivity contribution in [2.45, 2.75) is 6.92 Å². The van der Waals surface area contributed by atoms with Crippen LogP contribution in [0.25, 0.3) is 16.8 Å². The van der Waals surface area contributed by atoms with E-state index in [0.29, 0.717) is 0 Å². The van der Waals surface area contributed by atoms with Gasteiger partial charge in [0, 0.05) is 6.08 Å². The number of carboxylic acids is 2. The first-order chi connectivity index (χ1) is 9.99. The maximum Gasteiger partial charge on any atom is 0.335 e. The lowest BCUT2D eigenvalue weighted by Gasteiger charge is -2.05. The van der Waals surface area contributed by atoms with E-state index in [0.717, 1.165) is 22.4 Å². The normalized spacial score (nSPS) is 12.4. The fourth-order valence-corrected chi connectivity index (χ4v) is 2.14. The molecule has 0 bridgehead atoms. The van der Waals surface area contributed by atoms with Crippen LogP contribution in [0.4, 0.5) is 0 Å². The van der Waals surface area contributed by atoms with Gasteiger partial charge in [0.15, 0.2) is 0 Å². The first kappa shape index (κ1) is 14.5. The molecule has 0 radical (unpaired) electrons. The van der Waals surface area contributed by atoms with Crippen molar-refractivity contribution in [1.82, 2.24) is 0 Å². The van der Waals surface area contributed by atoms with Gasteiger partial charge in [-0.05, 0) is 34.9 Å². The van der Waals surface area contributed by atoms with Gasteiger partial charge < -0.3 is 10.2 Å². The maximum absolute atomic E-state index is 11.4. The highest BCUT2D eigenvalue weighted by molar-refractivity contribution is 6.02. The highest BCUT2D eigenvalue weighted by Crippen LogP contribution is 2.23. The molecule has 0 atom stereocenters. The van der Waals surface area contributed by atoms with E-state index in [2.05, 4.69) is 0 Å². The molecule has 4 heteroatoms. The number of rotatable bonds is 4. The van der Waals surface area contributed by atoms with Crippen LogP contribution in [0.5, 0.6) is 0 Å². The third-order valence-corrected chi connectivity index (χ3v) is 3.12. The van der Waals surface area contributed by atoms with E-state index in [-0.39, 0.29) is 11.1 Å². The molecule has 2 aromatic carbocycles. The zero-order valence-corrected chi connectivity index (χ0v) is 11.4. The smallest absolute Gasteiger partial charge is 0.335 e. The van der Waals surface area contributed by atoms with Crippen LogP contribution in [-0.2, 0) is 9.59 Å². The van der Waals surface area contributed by atoms with Crippen LogP contribution >= 0.6 is 0 Å². The van der Waals surface area contributed by atoms with Gasteiger partial charge in [0.05, 0.1) is 5.57 Å².